The van der Waals surface area contributed by atoms with Gasteiger partial charge in [-0.2, -0.15) is 0 Å². The van der Waals surface area contributed by atoms with E-state index in [2.05, 4.69) is 41.3 Å². The van der Waals surface area contributed by atoms with Gasteiger partial charge >= 0.3 is 0 Å². The minimum absolute atomic E-state index is 0.0705. The van der Waals surface area contributed by atoms with Gasteiger partial charge < -0.3 is 5.32 Å². The van der Waals surface area contributed by atoms with E-state index in [0.29, 0.717) is 11.7 Å². The van der Waals surface area contributed by atoms with Crippen LogP contribution in [0.2, 0.25) is 0 Å². The van der Waals surface area contributed by atoms with Crippen LogP contribution in [0.5, 0.6) is 0 Å². The number of aryl methyl sites for hydroxylation is 1. The number of alkyl halides is 1. The van der Waals surface area contributed by atoms with Crippen molar-refractivity contribution in [2.24, 2.45) is 0 Å². The van der Waals surface area contributed by atoms with E-state index in [1.807, 2.05) is 6.07 Å². The van der Waals surface area contributed by atoms with Crippen LogP contribution in [0.3, 0.4) is 0 Å². The highest BCUT2D eigenvalue weighted by Crippen LogP contribution is 2.09. The van der Waals surface area contributed by atoms with Crippen LogP contribution in [0.15, 0.2) is 24.3 Å². The largest absolute Gasteiger partial charge is 0.360 e. The molecule has 0 saturated carbocycles. The number of nitrogens with one attached hydrogen (secondary N) is 3. The second-order valence-electron chi connectivity index (χ2n) is 4.31. The first-order chi connectivity index (χ1) is 8.97. The molecular formula is C13H18ClN3OS. The molecule has 4 nitrogen and oxygen atoms in total. The van der Waals surface area contributed by atoms with Gasteiger partial charge in [0.25, 0.3) is 0 Å². The van der Waals surface area contributed by atoms with Crippen LogP contribution in [0.25, 0.3) is 0 Å². The van der Waals surface area contributed by atoms with Crippen LogP contribution in [0.1, 0.15) is 18.1 Å². The Hall–Kier alpha value is -1.33. The van der Waals surface area contributed by atoms with Crippen LogP contribution < -0.4 is 16.2 Å². The number of thiocarbonyl (C=S) groups is 1. The average molecular weight is 300 g/mol. The number of carbonyl (C=O) groups is 1. The van der Waals surface area contributed by atoms with Gasteiger partial charge in [0.2, 0.25) is 5.91 Å². The Morgan fingerprint density at radius 2 is 2.16 bits per heavy atom. The molecule has 0 radical (unpaired) electrons. The van der Waals surface area contributed by atoms with Crippen molar-refractivity contribution in [2.45, 2.75) is 25.6 Å². The number of hydrazine groups is 1. The van der Waals surface area contributed by atoms with Crippen molar-refractivity contribution in [1.29, 1.82) is 0 Å². The Labute approximate surface area is 123 Å². The lowest BCUT2D eigenvalue weighted by atomic mass is 10.1. The van der Waals surface area contributed by atoms with E-state index in [0.717, 1.165) is 6.42 Å². The summed E-state index contributed by atoms with van der Waals surface area (Å²) in [5.74, 6) is -0.202. The highest BCUT2D eigenvalue weighted by atomic mass is 35.5. The number of hydrogen-bond donors (Lipinski definition) is 3. The van der Waals surface area contributed by atoms with Crippen LogP contribution in [0.4, 0.5) is 0 Å². The maximum absolute atomic E-state index is 10.7. The van der Waals surface area contributed by atoms with Crippen molar-refractivity contribution in [1.82, 2.24) is 16.2 Å². The fourth-order valence-corrected chi connectivity index (χ4v) is 1.95. The number of benzene rings is 1. The van der Waals surface area contributed by atoms with Crippen molar-refractivity contribution < 1.29 is 4.79 Å². The average Bonchev–Trinajstić information content (AvgIpc) is 2.34. The lowest BCUT2D eigenvalue weighted by Crippen LogP contribution is -2.47. The molecule has 0 bridgehead atoms. The lowest BCUT2D eigenvalue weighted by Gasteiger charge is -2.14. The summed E-state index contributed by atoms with van der Waals surface area (Å²) in [5.41, 5.74) is 7.38. The number of halogens is 1. The van der Waals surface area contributed by atoms with Gasteiger partial charge in [-0.05, 0) is 31.1 Å². The third-order valence-electron chi connectivity index (χ3n) is 2.38. The second-order valence-corrected chi connectivity index (χ2v) is 5.33. The highest BCUT2D eigenvalue weighted by Gasteiger charge is 2.07. The maximum Gasteiger partial charge on any atom is 0.235 e. The molecule has 104 valence electrons. The zero-order chi connectivity index (χ0) is 14.3. The molecular weight excluding hydrogens is 282 g/mol. The van der Waals surface area contributed by atoms with Crippen molar-refractivity contribution in [3.05, 3.63) is 35.4 Å². The molecule has 0 aromatic heterocycles. The quantitative estimate of drug-likeness (QED) is 0.450. The van der Waals surface area contributed by atoms with Gasteiger partial charge in [-0.15, -0.1) is 11.6 Å². The fraction of sp³-hybridized carbons (Fsp3) is 0.385. The third kappa shape index (κ3) is 6.98. The number of amides is 1. The molecule has 1 unspecified atom stereocenters. The van der Waals surface area contributed by atoms with Crippen LogP contribution >= 0.6 is 23.8 Å². The van der Waals surface area contributed by atoms with Crippen molar-refractivity contribution >= 4 is 34.8 Å². The van der Waals surface area contributed by atoms with Gasteiger partial charge in [0.1, 0.15) is 0 Å². The zero-order valence-electron chi connectivity index (χ0n) is 11.0. The summed E-state index contributed by atoms with van der Waals surface area (Å²) < 4.78 is 0. The molecule has 0 aliphatic carbocycles. The Morgan fingerprint density at radius 3 is 2.79 bits per heavy atom. The summed E-state index contributed by atoms with van der Waals surface area (Å²) >= 11 is 11.2. The molecule has 0 saturated heterocycles. The molecule has 0 fully saturated rings. The standard InChI is InChI=1S/C13H18ClN3OS/c1-9-4-3-5-11(6-9)7-12(14)8-15-13(19)17-16-10(2)18/h3-6,12H,7-8H2,1-2H3,(H,16,18)(H2,15,17,19). The van der Waals surface area contributed by atoms with E-state index in [1.165, 1.54) is 18.1 Å². The Balaban J connectivity index is 2.29. The molecule has 1 amide bonds. The molecule has 1 atom stereocenters. The van der Waals surface area contributed by atoms with E-state index in [9.17, 15) is 4.79 Å². The van der Waals surface area contributed by atoms with Gasteiger partial charge in [-0.1, -0.05) is 29.8 Å². The highest BCUT2D eigenvalue weighted by molar-refractivity contribution is 7.80. The van der Waals surface area contributed by atoms with Gasteiger partial charge in [-0.25, -0.2) is 0 Å². The van der Waals surface area contributed by atoms with Crippen LogP contribution in [-0.4, -0.2) is 22.9 Å². The maximum atomic E-state index is 10.7. The number of rotatable bonds is 4. The van der Waals surface area contributed by atoms with Crippen molar-refractivity contribution in [3.63, 3.8) is 0 Å². The molecule has 1 aromatic carbocycles. The molecule has 0 heterocycles. The summed E-state index contributed by atoms with van der Waals surface area (Å²) in [6.45, 7) is 3.98. The van der Waals surface area contributed by atoms with Gasteiger partial charge in [-0.3, -0.25) is 15.6 Å². The first kappa shape index (κ1) is 15.7. The molecule has 0 aliphatic heterocycles. The Bertz CT molecular complexity index is 453. The lowest BCUT2D eigenvalue weighted by molar-refractivity contribution is -0.119. The molecule has 1 rings (SSSR count). The van der Waals surface area contributed by atoms with Crippen LogP contribution in [-0.2, 0) is 11.2 Å². The van der Waals surface area contributed by atoms with Gasteiger partial charge in [0.05, 0.1) is 5.38 Å². The summed E-state index contributed by atoms with van der Waals surface area (Å²) in [6.07, 6.45) is 0.763. The van der Waals surface area contributed by atoms with Crippen LogP contribution in [0, 0.1) is 6.92 Å². The topological polar surface area (TPSA) is 53.2 Å². The summed E-state index contributed by atoms with van der Waals surface area (Å²) in [5, 5.41) is 3.23. The molecule has 1 aromatic rings. The fourth-order valence-electron chi connectivity index (χ4n) is 1.56. The Morgan fingerprint density at radius 1 is 1.42 bits per heavy atom. The van der Waals surface area contributed by atoms with E-state index in [-0.39, 0.29) is 11.3 Å². The predicted octanol–water partition coefficient (Wildman–Crippen LogP) is 1.66. The minimum Gasteiger partial charge on any atom is -0.360 e. The minimum atomic E-state index is -0.202. The molecule has 6 heteroatoms. The summed E-state index contributed by atoms with van der Waals surface area (Å²) in [6, 6.07) is 8.24. The Kier molecular flexibility index (Phi) is 6.59. The molecule has 0 spiro atoms. The van der Waals surface area contributed by atoms with Crippen molar-refractivity contribution in [2.75, 3.05) is 6.54 Å². The molecule has 19 heavy (non-hydrogen) atoms. The molecule has 0 aliphatic rings. The molecule has 3 N–H and O–H groups in total. The first-order valence-corrected chi connectivity index (χ1v) is 6.82. The first-order valence-electron chi connectivity index (χ1n) is 5.97. The zero-order valence-corrected chi connectivity index (χ0v) is 12.6. The monoisotopic (exact) mass is 299 g/mol. The van der Waals surface area contributed by atoms with E-state index >= 15 is 0 Å². The van der Waals surface area contributed by atoms with E-state index < -0.39 is 0 Å². The number of hydrogen-bond acceptors (Lipinski definition) is 2. The van der Waals surface area contributed by atoms with Gasteiger partial charge in [0.15, 0.2) is 5.11 Å². The van der Waals surface area contributed by atoms with Gasteiger partial charge in [0, 0.05) is 13.5 Å². The second kappa shape index (κ2) is 7.96. The number of carbonyl (C=O) groups excluding carboxylic acids is 1. The summed E-state index contributed by atoms with van der Waals surface area (Å²) in [4.78, 5) is 10.7. The third-order valence-corrected chi connectivity index (χ3v) is 2.93. The van der Waals surface area contributed by atoms with E-state index in [4.69, 9.17) is 23.8 Å². The summed E-state index contributed by atoms with van der Waals surface area (Å²) in [7, 11) is 0. The SMILES string of the molecule is CC(=O)NNC(=S)NCC(Cl)Cc1cccc(C)c1. The van der Waals surface area contributed by atoms with E-state index in [1.54, 1.807) is 0 Å². The predicted molar refractivity (Wildman–Crippen MR) is 82.1 cm³/mol. The smallest absolute Gasteiger partial charge is 0.235 e. The normalized spacial score (nSPS) is 11.5. The van der Waals surface area contributed by atoms with Crippen molar-refractivity contribution in [3.8, 4) is 0 Å².